The van der Waals surface area contributed by atoms with Gasteiger partial charge in [0.2, 0.25) is 17.2 Å². The molecule has 0 fully saturated rings. The molecule has 16 heavy (non-hydrogen) atoms. The standard InChI is InChI=1S/C10H16ClN5/c1-5-6-12-8-13-7(11)14-9(15-8)16-10(2,3)4/h5H,1,6H2,2-4H3,(H2,12,13,14,15,16). The Bertz CT molecular complexity index is 372. The molecule has 0 spiro atoms. The van der Waals surface area contributed by atoms with Crippen molar-refractivity contribution in [1.29, 1.82) is 0 Å². The summed E-state index contributed by atoms with van der Waals surface area (Å²) in [6.45, 7) is 10.2. The third-order valence-electron chi connectivity index (χ3n) is 1.50. The van der Waals surface area contributed by atoms with E-state index in [2.05, 4.69) is 32.2 Å². The summed E-state index contributed by atoms with van der Waals surface area (Å²) in [5.74, 6) is 0.894. The van der Waals surface area contributed by atoms with Crippen LogP contribution in [-0.4, -0.2) is 27.0 Å². The second kappa shape index (κ2) is 5.12. The van der Waals surface area contributed by atoms with Gasteiger partial charge in [-0.25, -0.2) is 0 Å². The van der Waals surface area contributed by atoms with Gasteiger partial charge in [-0.05, 0) is 32.4 Å². The molecule has 0 amide bonds. The third-order valence-corrected chi connectivity index (χ3v) is 1.67. The molecule has 5 nitrogen and oxygen atoms in total. The van der Waals surface area contributed by atoms with Gasteiger partial charge in [0.1, 0.15) is 0 Å². The molecule has 1 heterocycles. The Morgan fingerprint density at radius 2 is 1.88 bits per heavy atom. The van der Waals surface area contributed by atoms with E-state index >= 15 is 0 Å². The fourth-order valence-electron chi connectivity index (χ4n) is 0.984. The molecule has 88 valence electrons. The molecule has 0 radical (unpaired) electrons. The zero-order valence-electron chi connectivity index (χ0n) is 9.71. The van der Waals surface area contributed by atoms with Crippen LogP contribution in [0, 0.1) is 0 Å². The minimum absolute atomic E-state index is 0.125. The fourth-order valence-corrected chi connectivity index (χ4v) is 1.14. The van der Waals surface area contributed by atoms with Gasteiger partial charge < -0.3 is 10.6 Å². The highest BCUT2D eigenvalue weighted by atomic mass is 35.5. The first-order valence-electron chi connectivity index (χ1n) is 4.95. The van der Waals surface area contributed by atoms with Crippen LogP contribution in [0.5, 0.6) is 0 Å². The van der Waals surface area contributed by atoms with Gasteiger partial charge in [0, 0.05) is 12.1 Å². The van der Waals surface area contributed by atoms with Gasteiger partial charge in [0.05, 0.1) is 0 Å². The van der Waals surface area contributed by atoms with E-state index in [1.807, 2.05) is 20.8 Å². The Kier molecular flexibility index (Phi) is 4.06. The van der Waals surface area contributed by atoms with Crippen LogP contribution in [-0.2, 0) is 0 Å². The Morgan fingerprint density at radius 1 is 1.25 bits per heavy atom. The lowest BCUT2D eigenvalue weighted by Crippen LogP contribution is -2.27. The van der Waals surface area contributed by atoms with Crippen LogP contribution < -0.4 is 10.6 Å². The molecule has 0 bridgehead atoms. The maximum atomic E-state index is 5.79. The van der Waals surface area contributed by atoms with Crippen molar-refractivity contribution in [2.75, 3.05) is 17.2 Å². The topological polar surface area (TPSA) is 62.7 Å². The molecule has 0 atom stereocenters. The van der Waals surface area contributed by atoms with Gasteiger partial charge >= 0.3 is 0 Å². The average molecular weight is 242 g/mol. The second-order valence-electron chi connectivity index (χ2n) is 4.30. The number of aromatic nitrogens is 3. The number of anilines is 2. The Labute approximate surface area is 100 Å². The summed E-state index contributed by atoms with van der Waals surface area (Å²) in [6, 6.07) is 0. The summed E-state index contributed by atoms with van der Waals surface area (Å²) in [7, 11) is 0. The number of hydrogen-bond donors (Lipinski definition) is 2. The lowest BCUT2D eigenvalue weighted by molar-refractivity contribution is 0.625. The summed E-state index contributed by atoms with van der Waals surface area (Å²) < 4.78 is 0. The van der Waals surface area contributed by atoms with Crippen LogP contribution in [0.1, 0.15) is 20.8 Å². The highest BCUT2D eigenvalue weighted by Crippen LogP contribution is 2.13. The van der Waals surface area contributed by atoms with Crippen molar-refractivity contribution < 1.29 is 0 Å². The maximum Gasteiger partial charge on any atom is 0.229 e. The first-order valence-corrected chi connectivity index (χ1v) is 5.33. The van der Waals surface area contributed by atoms with E-state index in [0.29, 0.717) is 18.4 Å². The van der Waals surface area contributed by atoms with Crippen molar-refractivity contribution in [1.82, 2.24) is 15.0 Å². The molecule has 0 unspecified atom stereocenters. The predicted molar refractivity (Wildman–Crippen MR) is 66.9 cm³/mol. The molecule has 1 aromatic rings. The summed E-state index contributed by atoms with van der Waals surface area (Å²) in [5, 5.41) is 6.24. The molecule has 0 aliphatic heterocycles. The quantitative estimate of drug-likeness (QED) is 0.793. The van der Waals surface area contributed by atoms with E-state index in [0.717, 1.165) is 0 Å². The zero-order chi connectivity index (χ0) is 12.2. The number of hydrogen-bond acceptors (Lipinski definition) is 5. The molecule has 0 saturated carbocycles. The molecular weight excluding hydrogens is 226 g/mol. The summed E-state index contributed by atoms with van der Waals surface area (Å²) in [6.07, 6.45) is 1.72. The monoisotopic (exact) mass is 241 g/mol. The van der Waals surface area contributed by atoms with Gasteiger partial charge in [-0.1, -0.05) is 6.08 Å². The van der Waals surface area contributed by atoms with Crippen molar-refractivity contribution in [2.45, 2.75) is 26.3 Å². The first kappa shape index (κ1) is 12.7. The van der Waals surface area contributed by atoms with E-state index in [4.69, 9.17) is 11.6 Å². The Balaban J connectivity index is 2.85. The Morgan fingerprint density at radius 3 is 2.44 bits per heavy atom. The molecular formula is C10H16ClN5. The minimum atomic E-state index is -0.125. The highest BCUT2D eigenvalue weighted by Gasteiger charge is 2.12. The van der Waals surface area contributed by atoms with E-state index < -0.39 is 0 Å². The van der Waals surface area contributed by atoms with Gasteiger partial charge in [-0.3, -0.25) is 0 Å². The number of rotatable bonds is 4. The molecule has 0 aromatic carbocycles. The minimum Gasteiger partial charge on any atom is -0.351 e. The number of nitrogens with zero attached hydrogens (tertiary/aromatic N) is 3. The molecule has 0 aliphatic carbocycles. The van der Waals surface area contributed by atoms with Crippen LogP contribution in [0.3, 0.4) is 0 Å². The lowest BCUT2D eigenvalue weighted by Gasteiger charge is -2.20. The predicted octanol–water partition coefficient (Wildman–Crippen LogP) is 2.33. The number of nitrogens with one attached hydrogen (secondary N) is 2. The van der Waals surface area contributed by atoms with Crippen molar-refractivity contribution in [3.05, 3.63) is 17.9 Å². The van der Waals surface area contributed by atoms with Crippen LogP contribution >= 0.6 is 11.6 Å². The largest absolute Gasteiger partial charge is 0.351 e. The SMILES string of the molecule is C=CCNc1nc(Cl)nc(NC(C)(C)C)n1. The smallest absolute Gasteiger partial charge is 0.229 e. The van der Waals surface area contributed by atoms with Gasteiger partial charge in [-0.15, -0.1) is 6.58 Å². The van der Waals surface area contributed by atoms with Crippen LogP contribution in [0.25, 0.3) is 0 Å². The van der Waals surface area contributed by atoms with Crippen molar-refractivity contribution >= 4 is 23.5 Å². The van der Waals surface area contributed by atoms with Crippen molar-refractivity contribution in [3.63, 3.8) is 0 Å². The van der Waals surface area contributed by atoms with Crippen LogP contribution in [0.4, 0.5) is 11.9 Å². The molecule has 1 rings (SSSR count). The average Bonchev–Trinajstić information content (AvgIpc) is 2.10. The van der Waals surface area contributed by atoms with Crippen molar-refractivity contribution in [2.24, 2.45) is 0 Å². The molecule has 1 aromatic heterocycles. The molecule has 2 N–H and O–H groups in total. The summed E-state index contributed by atoms with van der Waals surface area (Å²) in [5.41, 5.74) is -0.125. The summed E-state index contributed by atoms with van der Waals surface area (Å²) in [4.78, 5) is 12.1. The van der Waals surface area contributed by atoms with E-state index in [-0.39, 0.29) is 10.8 Å². The molecule has 0 saturated heterocycles. The van der Waals surface area contributed by atoms with Gasteiger partial charge in [0.25, 0.3) is 0 Å². The first-order chi connectivity index (χ1) is 7.40. The molecule has 0 aliphatic rings. The third kappa shape index (κ3) is 4.44. The van der Waals surface area contributed by atoms with Gasteiger partial charge in [0.15, 0.2) is 0 Å². The molecule has 6 heteroatoms. The zero-order valence-corrected chi connectivity index (χ0v) is 10.5. The fraction of sp³-hybridized carbons (Fsp3) is 0.500. The van der Waals surface area contributed by atoms with E-state index in [9.17, 15) is 0 Å². The van der Waals surface area contributed by atoms with E-state index in [1.54, 1.807) is 6.08 Å². The highest BCUT2D eigenvalue weighted by molar-refractivity contribution is 6.28. The maximum absolute atomic E-state index is 5.79. The second-order valence-corrected chi connectivity index (χ2v) is 4.63. The Hall–Kier alpha value is -1.36. The van der Waals surface area contributed by atoms with Gasteiger partial charge in [-0.2, -0.15) is 15.0 Å². The summed E-state index contributed by atoms with van der Waals surface area (Å²) >= 11 is 5.79. The lowest BCUT2D eigenvalue weighted by atomic mass is 10.1. The normalized spacial score (nSPS) is 11.0. The number of halogens is 1. The van der Waals surface area contributed by atoms with E-state index in [1.165, 1.54) is 0 Å². The van der Waals surface area contributed by atoms with Crippen LogP contribution in [0.2, 0.25) is 5.28 Å². The van der Waals surface area contributed by atoms with Crippen LogP contribution in [0.15, 0.2) is 12.7 Å². The van der Waals surface area contributed by atoms with Crippen molar-refractivity contribution in [3.8, 4) is 0 Å².